The number of aromatic hydroxyl groups is 3. The molecule has 40 heavy (non-hydrogen) atoms. The van der Waals surface area contributed by atoms with Crippen molar-refractivity contribution in [2.45, 2.75) is 45.7 Å². The molecule has 0 bridgehead atoms. The smallest absolute Gasteiger partial charge is 0.124 e. The zero-order chi connectivity index (χ0) is 28.6. The fraction of sp³-hybridized carbons (Fsp3) is 0.394. The van der Waals surface area contributed by atoms with Crippen molar-refractivity contribution in [2.24, 2.45) is 9.98 Å². The summed E-state index contributed by atoms with van der Waals surface area (Å²) in [6.07, 6.45) is 3.38. The standard InChI is InChI=1S/C33H42N4O3/c1-23(2)25-10-12-31(39)28(19-25)22-35-14-16-37-18-17-36(15-13-34-21-27-7-5-6-8-30(27)38)33(37)29-11-9-26(24(3)4)20-32(29)40/h5-12,19-24,33,38-40H,13-18H2,1-4H3/b34-21-,35-22-. The molecule has 0 aromatic heterocycles. The average Bonchev–Trinajstić information content (AvgIpc) is 3.32. The molecule has 3 aromatic carbocycles. The minimum Gasteiger partial charge on any atom is -0.508 e. The second-order valence-corrected chi connectivity index (χ2v) is 11.0. The molecule has 1 heterocycles. The summed E-state index contributed by atoms with van der Waals surface area (Å²) in [6, 6.07) is 18.9. The molecule has 3 N–H and O–H groups in total. The highest BCUT2D eigenvalue weighted by Gasteiger charge is 2.34. The number of phenolic OH excluding ortho intramolecular Hbond substituents is 3. The molecule has 4 rings (SSSR count). The molecule has 3 aromatic rings. The van der Waals surface area contributed by atoms with Gasteiger partial charge in [0.1, 0.15) is 17.2 Å². The van der Waals surface area contributed by atoms with Crippen LogP contribution in [0, 0.1) is 0 Å². The number of hydrogen-bond acceptors (Lipinski definition) is 7. The van der Waals surface area contributed by atoms with Gasteiger partial charge in [0.05, 0.1) is 19.3 Å². The molecule has 0 amide bonds. The topological polar surface area (TPSA) is 91.9 Å². The molecule has 7 nitrogen and oxygen atoms in total. The highest BCUT2D eigenvalue weighted by molar-refractivity contribution is 5.84. The third-order valence-electron chi connectivity index (χ3n) is 7.51. The molecule has 0 aliphatic carbocycles. The Morgan fingerprint density at radius 2 is 1.25 bits per heavy atom. The predicted octanol–water partition coefficient (Wildman–Crippen LogP) is 5.90. The molecular formula is C33H42N4O3. The predicted molar refractivity (Wildman–Crippen MR) is 163 cm³/mol. The molecule has 1 aliphatic heterocycles. The van der Waals surface area contributed by atoms with Gasteiger partial charge in [0.15, 0.2) is 0 Å². The van der Waals surface area contributed by atoms with Crippen LogP contribution in [0.25, 0.3) is 0 Å². The summed E-state index contributed by atoms with van der Waals surface area (Å²) in [5.74, 6) is 1.47. The van der Waals surface area contributed by atoms with E-state index in [1.165, 1.54) is 5.56 Å². The number of aliphatic imine (C=N–C) groups is 2. The number of hydrogen-bond donors (Lipinski definition) is 3. The molecule has 0 saturated carbocycles. The first-order chi connectivity index (χ1) is 19.2. The summed E-state index contributed by atoms with van der Waals surface area (Å²) in [7, 11) is 0. The molecule has 1 unspecified atom stereocenters. The first kappa shape index (κ1) is 29.3. The fourth-order valence-corrected chi connectivity index (χ4v) is 5.06. The maximum atomic E-state index is 11.0. The monoisotopic (exact) mass is 542 g/mol. The van der Waals surface area contributed by atoms with Crippen LogP contribution in [0.4, 0.5) is 0 Å². The van der Waals surface area contributed by atoms with E-state index in [4.69, 9.17) is 0 Å². The number of benzene rings is 3. The van der Waals surface area contributed by atoms with Gasteiger partial charge < -0.3 is 15.3 Å². The Kier molecular flexibility index (Phi) is 9.96. The van der Waals surface area contributed by atoms with Crippen LogP contribution >= 0.6 is 0 Å². The van der Waals surface area contributed by atoms with E-state index >= 15 is 0 Å². The van der Waals surface area contributed by atoms with E-state index in [9.17, 15) is 15.3 Å². The van der Waals surface area contributed by atoms with Crippen molar-refractivity contribution in [3.63, 3.8) is 0 Å². The number of para-hydroxylation sites is 1. The zero-order valence-electron chi connectivity index (χ0n) is 24.0. The minimum absolute atomic E-state index is 0.0885. The van der Waals surface area contributed by atoms with E-state index in [0.717, 1.165) is 42.9 Å². The third-order valence-corrected chi connectivity index (χ3v) is 7.51. The Hall–Kier alpha value is -3.68. The Labute approximate surface area is 238 Å². The van der Waals surface area contributed by atoms with Gasteiger partial charge >= 0.3 is 0 Å². The van der Waals surface area contributed by atoms with E-state index in [1.54, 1.807) is 30.6 Å². The first-order valence-corrected chi connectivity index (χ1v) is 14.2. The van der Waals surface area contributed by atoms with Crippen LogP contribution in [0.5, 0.6) is 17.2 Å². The lowest BCUT2D eigenvalue weighted by molar-refractivity contribution is 0.140. The molecule has 0 radical (unpaired) electrons. The van der Waals surface area contributed by atoms with Crippen LogP contribution in [0.1, 0.15) is 73.5 Å². The maximum Gasteiger partial charge on any atom is 0.124 e. The Morgan fingerprint density at radius 3 is 1.85 bits per heavy atom. The average molecular weight is 543 g/mol. The van der Waals surface area contributed by atoms with Crippen LogP contribution in [-0.2, 0) is 0 Å². The minimum atomic E-state index is -0.0885. The molecule has 212 valence electrons. The van der Waals surface area contributed by atoms with Crippen molar-refractivity contribution in [1.29, 1.82) is 0 Å². The van der Waals surface area contributed by atoms with Gasteiger partial charge in [-0.3, -0.25) is 19.8 Å². The van der Waals surface area contributed by atoms with E-state index in [-0.39, 0.29) is 17.7 Å². The number of phenols is 3. The van der Waals surface area contributed by atoms with Crippen LogP contribution in [0.3, 0.4) is 0 Å². The van der Waals surface area contributed by atoms with Gasteiger partial charge in [-0.2, -0.15) is 0 Å². The fourth-order valence-electron chi connectivity index (χ4n) is 5.06. The largest absolute Gasteiger partial charge is 0.508 e. The van der Waals surface area contributed by atoms with Crippen molar-refractivity contribution in [3.05, 3.63) is 88.5 Å². The molecule has 1 atom stereocenters. The van der Waals surface area contributed by atoms with Crippen molar-refractivity contribution < 1.29 is 15.3 Å². The normalized spacial score (nSPS) is 16.8. The molecule has 7 heteroatoms. The zero-order valence-corrected chi connectivity index (χ0v) is 24.0. The van der Waals surface area contributed by atoms with Crippen molar-refractivity contribution >= 4 is 12.4 Å². The summed E-state index contributed by atoms with van der Waals surface area (Å²) >= 11 is 0. The van der Waals surface area contributed by atoms with E-state index < -0.39 is 0 Å². The van der Waals surface area contributed by atoms with Gasteiger partial charge in [-0.1, -0.05) is 58.0 Å². The van der Waals surface area contributed by atoms with E-state index in [1.807, 2.05) is 36.4 Å². The quantitative estimate of drug-likeness (QED) is 0.262. The highest BCUT2D eigenvalue weighted by atomic mass is 16.3. The second kappa shape index (κ2) is 13.6. The first-order valence-electron chi connectivity index (χ1n) is 14.2. The molecule has 1 saturated heterocycles. The van der Waals surface area contributed by atoms with Crippen molar-refractivity contribution in [1.82, 2.24) is 9.80 Å². The van der Waals surface area contributed by atoms with Gasteiger partial charge in [-0.15, -0.1) is 0 Å². The molecule has 1 aliphatic rings. The Balaban J connectivity index is 1.47. The highest BCUT2D eigenvalue weighted by Crippen LogP contribution is 2.36. The van der Waals surface area contributed by atoms with Crippen molar-refractivity contribution in [2.75, 3.05) is 39.3 Å². The summed E-state index contributed by atoms with van der Waals surface area (Å²) in [4.78, 5) is 13.9. The number of nitrogens with zero attached hydrogens (tertiary/aromatic N) is 4. The second-order valence-electron chi connectivity index (χ2n) is 11.0. The Bertz CT molecular complexity index is 1340. The van der Waals surface area contributed by atoms with E-state index in [2.05, 4.69) is 53.5 Å². The van der Waals surface area contributed by atoms with Crippen LogP contribution in [-0.4, -0.2) is 76.8 Å². The van der Waals surface area contributed by atoms with Crippen LogP contribution in [0.2, 0.25) is 0 Å². The summed E-state index contributed by atoms with van der Waals surface area (Å²) in [5, 5.41) is 31.3. The van der Waals surface area contributed by atoms with Gasteiger partial charge in [-0.05, 0) is 53.3 Å². The number of rotatable bonds is 11. The van der Waals surface area contributed by atoms with Gasteiger partial charge in [-0.25, -0.2) is 0 Å². The van der Waals surface area contributed by atoms with Gasteiger partial charge in [0.25, 0.3) is 0 Å². The summed E-state index contributed by atoms with van der Waals surface area (Å²) in [6.45, 7) is 12.8. The van der Waals surface area contributed by atoms with E-state index in [0.29, 0.717) is 36.2 Å². The van der Waals surface area contributed by atoms with Crippen LogP contribution < -0.4 is 0 Å². The lowest BCUT2D eigenvalue weighted by Gasteiger charge is -2.31. The molecular weight excluding hydrogens is 500 g/mol. The lowest BCUT2D eigenvalue weighted by atomic mass is 9.99. The third kappa shape index (κ3) is 7.29. The maximum absolute atomic E-state index is 11.0. The Morgan fingerprint density at radius 1 is 0.700 bits per heavy atom. The van der Waals surface area contributed by atoms with Gasteiger partial charge in [0, 0.05) is 55.3 Å². The molecule has 1 fully saturated rings. The van der Waals surface area contributed by atoms with Gasteiger partial charge in [0.2, 0.25) is 0 Å². The summed E-state index contributed by atoms with van der Waals surface area (Å²) in [5.41, 5.74) is 4.59. The van der Waals surface area contributed by atoms with Crippen LogP contribution in [0.15, 0.2) is 70.6 Å². The van der Waals surface area contributed by atoms with Crippen molar-refractivity contribution in [3.8, 4) is 17.2 Å². The SMILES string of the molecule is CC(C)c1ccc(C2N(CC/N=C\c3ccccc3O)CCN2CC/N=C\c2cc(C(C)C)ccc2O)c(O)c1. The lowest BCUT2D eigenvalue weighted by Crippen LogP contribution is -2.34. The summed E-state index contributed by atoms with van der Waals surface area (Å²) < 4.78 is 0. The molecule has 0 spiro atoms.